The smallest absolute Gasteiger partial charge is 0.343 e. The average molecular weight is 545 g/mol. The SMILES string of the molecule is CCCCCCCCCCOc1ccc(-c2ccc(OC(=O)c3ccc(C(=O)OCC(C)CC)cc3)cc2)cc1. The van der Waals surface area contributed by atoms with E-state index in [1.807, 2.05) is 43.3 Å². The van der Waals surface area contributed by atoms with E-state index >= 15 is 0 Å². The van der Waals surface area contributed by atoms with Gasteiger partial charge in [-0.2, -0.15) is 0 Å². The molecule has 0 aromatic heterocycles. The summed E-state index contributed by atoms with van der Waals surface area (Å²) in [6, 6.07) is 21.8. The lowest BCUT2D eigenvalue weighted by Gasteiger charge is -2.10. The molecule has 0 saturated heterocycles. The molecular formula is C35H44O5. The minimum absolute atomic E-state index is 0.312. The van der Waals surface area contributed by atoms with E-state index in [0.29, 0.717) is 29.4 Å². The van der Waals surface area contributed by atoms with Crippen LogP contribution in [0.1, 0.15) is 99.3 Å². The summed E-state index contributed by atoms with van der Waals surface area (Å²) in [5, 5.41) is 0. The third-order valence-corrected chi connectivity index (χ3v) is 7.07. The van der Waals surface area contributed by atoms with Gasteiger partial charge in [-0.3, -0.25) is 0 Å². The van der Waals surface area contributed by atoms with Crippen LogP contribution in [0, 0.1) is 5.92 Å². The fourth-order valence-electron chi connectivity index (χ4n) is 4.21. The zero-order valence-electron chi connectivity index (χ0n) is 24.3. The van der Waals surface area contributed by atoms with Crippen LogP contribution in [-0.2, 0) is 4.74 Å². The number of hydrogen-bond acceptors (Lipinski definition) is 5. The van der Waals surface area contributed by atoms with Gasteiger partial charge in [0.05, 0.1) is 24.3 Å². The quantitative estimate of drug-likeness (QED) is 0.0962. The summed E-state index contributed by atoms with van der Waals surface area (Å²) >= 11 is 0. The van der Waals surface area contributed by atoms with Crippen LogP contribution >= 0.6 is 0 Å². The molecule has 5 nitrogen and oxygen atoms in total. The Morgan fingerprint density at radius 2 is 1.12 bits per heavy atom. The van der Waals surface area contributed by atoms with Crippen molar-refractivity contribution in [2.45, 2.75) is 78.6 Å². The predicted molar refractivity (Wildman–Crippen MR) is 161 cm³/mol. The van der Waals surface area contributed by atoms with Crippen LogP contribution in [0.4, 0.5) is 0 Å². The number of esters is 2. The van der Waals surface area contributed by atoms with E-state index in [1.165, 1.54) is 44.9 Å². The van der Waals surface area contributed by atoms with Crippen molar-refractivity contribution in [1.82, 2.24) is 0 Å². The molecule has 0 fully saturated rings. The zero-order chi connectivity index (χ0) is 28.6. The molecule has 0 N–H and O–H groups in total. The molecule has 40 heavy (non-hydrogen) atoms. The zero-order valence-corrected chi connectivity index (χ0v) is 24.3. The number of benzene rings is 3. The molecule has 5 heteroatoms. The highest BCUT2D eigenvalue weighted by atomic mass is 16.5. The molecule has 0 radical (unpaired) electrons. The monoisotopic (exact) mass is 544 g/mol. The summed E-state index contributed by atoms with van der Waals surface area (Å²) in [5.74, 6) is 0.777. The van der Waals surface area contributed by atoms with Gasteiger partial charge in [-0.15, -0.1) is 0 Å². The van der Waals surface area contributed by atoms with Crippen LogP contribution in [-0.4, -0.2) is 25.2 Å². The maximum atomic E-state index is 12.6. The molecule has 0 aliphatic heterocycles. The Morgan fingerprint density at radius 3 is 1.68 bits per heavy atom. The van der Waals surface area contributed by atoms with Crippen LogP contribution < -0.4 is 9.47 Å². The lowest BCUT2D eigenvalue weighted by atomic mass is 10.1. The molecule has 1 unspecified atom stereocenters. The van der Waals surface area contributed by atoms with Crippen molar-refractivity contribution < 1.29 is 23.8 Å². The molecule has 3 aromatic carbocycles. The number of carbonyl (C=O) groups excluding carboxylic acids is 2. The molecule has 0 aliphatic rings. The van der Waals surface area contributed by atoms with Crippen molar-refractivity contribution in [3.05, 3.63) is 83.9 Å². The van der Waals surface area contributed by atoms with Crippen molar-refractivity contribution in [3.63, 3.8) is 0 Å². The number of carbonyl (C=O) groups is 2. The van der Waals surface area contributed by atoms with Crippen molar-refractivity contribution in [2.75, 3.05) is 13.2 Å². The van der Waals surface area contributed by atoms with Crippen molar-refractivity contribution in [2.24, 2.45) is 5.92 Å². The predicted octanol–water partition coefficient (Wildman–Crippen LogP) is 9.30. The highest BCUT2D eigenvalue weighted by Crippen LogP contribution is 2.25. The van der Waals surface area contributed by atoms with Gasteiger partial charge in [-0.05, 0) is 72.0 Å². The lowest BCUT2D eigenvalue weighted by Crippen LogP contribution is -2.12. The van der Waals surface area contributed by atoms with Gasteiger partial charge in [0.15, 0.2) is 0 Å². The minimum Gasteiger partial charge on any atom is -0.494 e. The number of unbranched alkanes of at least 4 members (excludes halogenated alkanes) is 7. The third kappa shape index (κ3) is 10.5. The lowest BCUT2D eigenvalue weighted by molar-refractivity contribution is 0.0446. The van der Waals surface area contributed by atoms with Gasteiger partial charge in [0.1, 0.15) is 11.5 Å². The Hall–Kier alpha value is -3.60. The second-order valence-corrected chi connectivity index (χ2v) is 10.5. The molecule has 0 heterocycles. The summed E-state index contributed by atoms with van der Waals surface area (Å²) in [6.07, 6.45) is 11.2. The fourth-order valence-corrected chi connectivity index (χ4v) is 4.21. The third-order valence-electron chi connectivity index (χ3n) is 7.07. The number of hydrogen-bond donors (Lipinski definition) is 0. The Balaban J connectivity index is 1.42. The summed E-state index contributed by atoms with van der Waals surface area (Å²) in [7, 11) is 0. The van der Waals surface area contributed by atoms with Crippen molar-refractivity contribution >= 4 is 11.9 Å². The standard InChI is InChI=1S/C35H44O5/c1-4-6-7-8-9-10-11-12-25-38-32-21-17-28(18-22-32)29-19-23-33(24-20-29)40-35(37)31-15-13-30(14-16-31)34(36)39-26-27(3)5-2/h13-24,27H,4-12,25-26H2,1-3H3. The molecule has 1 atom stereocenters. The molecule has 214 valence electrons. The van der Waals surface area contributed by atoms with Crippen molar-refractivity contribution in [3.8, 4) is 22.6 Å². The van der Waals surface area contributed by atoms with Gasteiger partial charge in [-0.25, -0.2) is 9.59 Å². The van der Waals surface area contributed by atoms with E-state index < -0.39 is 5.97 Å². The van der Waals surface area contributed by atoms with Crippen LogP contribution in [0.3, 0.4) is 0 Å². The fraction of sp³-hybridized carbons (Fsp3) is 0.429. The summed E-state index contributed by atoms with van der Waals surface area (Å²) in [4.78, 5) is 24.8. The Kier molecular flexibility index (Phi) is 13.3. The first-order valence-corrected chi connectivity index (χ1v) is 14.8. The topological polar surface area (TPSA) is 61.8 Å². The summed E-state index contributed by atoms with van der Waals surface area (Å²) in [6.45, 7) is 7.47. The van der Waals surface area contributed by atoms with Gasteiger partial charge >= 0.3 is 11.9 Å². The highest BCUT2D eigenvalue weighted by Gasteiger charge is 2.13. The average Bonchev–Trinajstić information content (AvgIpc) is 2.99. The van der Waals surface area contributed by atoms with Gasteiger partial charge in [-0.1, -0.05) is 96.4 Å². The molecular weight excluding hydrogens is 500 g/mol. The van der Waals surface area contributed by atoms with Crippen LogP contribution in [0.5, 0.6) is 11.5 Å². The van der Waals surface area contributed by atoms with Crippen LogP contribution in [0.15, 0.2) is 72.8 Å². The van der Waals surface area contributed by atoms with E-state index in [0.717, 1.165) is 36.3 Å². The van der Waals surface area contributed by atoms with Crippen LogP contribution in [0.2, 0.25) is 0 Å². The molecule has 0 amide bonds. The van der Waals surface area contributed by atoms with E-state index in [-0.39, 0.29) is 5.97 Å². The maximum Gasteiger partial charge on any atom is 0.343 e. The second kappa shape index (κ2) is 17.2. The van der Waals surface area contributed by atoms with E-state index in [4.69, 9.17) is 14.2 Å². The molecule has 3 rings (SSSR count). The summed E-state index contributed by atoms with van der Waals surface area (Å²) < 4.78 is 16.7. The number of ether oxygens (including phenoxy) is 3. The van der Waals surface area contributed by atoms with Crippen molar-refractivity contribution in [1.29, 1.82) is 0 Å². The number of rotatable bonds is 17. The highest BCUT2D eigenvalue weighted by molar-refractivity contribution is 5.94. The normalized spacial score (nSPS) is 11.6. The van der Waals surface area contributed by atoms with E-state index in [1.54, 1.807) is 36.4 Å². The second-order valence-electron chi connectivity index (χ2n) is 10.5. The Morgan fingerprint density at radius 1 is 0.625 bits per heavy atom. The first kappa shape index (κ1) is 30.9. The minimum atomic E-state index is -0.481. The molecule has 0 saturated carbocycles. The van der Waals surface area contributed by atoms with Gasteiger partial charge < -0.3 is 14.2 Å². The van der Waals surface area contributed by atoms with E-state index in [2.05, 4.69) is 13.8 Å². The van der Waals surface area contributed by atoms with Gasteiger partial charge in [0, 0.05) is 0 Å². The molecule has 0 spiro atoms. The summed E-state index contributed by atoms with van der Waals surface area (Å²) in [5.41, 5.74) is 2.86. The van der Waals surface area contributed by atoms with E-state index in [9.17, 15) is 9.59 Å². The molecule has 0 bridgehead atoms. The van der Waals surface area contributed by atoms with Gasteiger partial charge in [0.25, 0.3) is 0 Å². The first-order chi connectivity index (χ1) is 19.5. The Labute approximate surface area is 239 Å². The maximum absolute atomic E-state index is 12.6. The van der Waals surface area contributed by atoms with Gasteiger partial charge in [0.2, 0.25) is 0 Å². The largest absolute Gasteiger partial charge is 0.494 e. The Bertz CT molecular complexity index is 1150. The van der Waals surface area contributed by atoms with Crippen LogP contribution in [0.25, 0.3) is 11.1 Å². The molecule has 3 aromatic rings. The molecule has 0 aliphatic carbocycles. The first-order valence-electron chi connectivity index (χ1n) is 14.8.